The van der Waals surface area contributed by atoms with E-state index in [1.807, 2.05) is 6.92 Å². The van der Waals surface area contributed by atoms with Crippen molar-refractivity contribution in [3.8, 4) is 5.75 Å². The molecule has 6 nitrogen and oxygen atoms in total. The number of benzene rings is 1. The molecule has 0 fully saturated rings. The molecule has 24 heavy (non-hydrogen) atoms. The number of hydrogen-bond acceptors (Lipinski definition) is 4. The zero-order chi connectivity index (χ0) is 18.2. The summed E-state index contributed by atoms with van der Waals surface area (Å²) >= 11 is 0. The molecule has 0 saturated heterocycles. The molecular formula is C17H28N2O4S. The molecular weight excluding hydrogens is 328 g/mol. The minimum Gasteiger partial charge on any atom is -0.497 e. The van der Waals surface area contributed by atoms with Gasteiger partial charge in [0, 0.05) is 25.1 Å². The first-order valence-electron chi connectivity index (χ1n) is 8.19. The Morgan fingerprint density at radius 2 is 2.08 bits per heavy atom. The highest BCUT2D eigenvalue weighted by Gasteiger charge is 2.18. The summed E-state index contributed by atoms with van der Waals surface area (Å²) in [5, 5.41) is 2.92. The van der Waals surface area contributed by atoms with Crippen LogP contribution in [0.1, 0.15) is 39.5 Å². The maximum atomic E-state index is 12.1. The molecule has 7 heteroatoms. The second kappa shape index (κ2) is 9.52. The molecule has 1 amide bonds. The summed E-state index contributed by atoms with van der Waals surface area (Å²) in [6, 6.07) is 7.03. The topological polar surface area (TPSA) is 75.7 Å². The zero-order valence-electron chi connectivity index (χ0n) is 14.9. The normalized spacial score (nSPS) is 12.5. The molecule has 1 aromatic rings. The lowest BCUT2D eigenvalue weighted by atomic mass is 10.2. The summed E-state index contributed by atoms with van der Waals surface area (Å²) < 4.78 is 30.6. The number of nitrogens with zero attached hydrogens (tertiary/aromatic N) is 1. The van der Waals surface area contributed by atoms with Gasteiger partial charge in [0.1, 0.15) is 5.75 Å². The Hall–Kier alpha value is -1.76. The molecule has 0 spiro atoms. The van der Waals surface area contributed by atoms with Crippen molar-refractivity contribution in [3.05, 3.63) is 24.3 Å². The Kier molecular flexibility index (Phi) is 8.04. The molecule has 0 radical (unpaired) electrons. The van der Waals surface area contributed by atoms with Crippen molar-refractivity contribution in [2.45, 2.75) is 45.6 Å². The van der Waals surface area contributed by atoms with Gasteiger partial charge in [-0.1, -0.05) is 19.4 Å². The standard InChI is InChI=1S/C17H28N2O4S/c1-5-8-14(2)18-17(20)11-7-12-19(24(4,21)22)15-9-6-10-16(13-15)23-3/h6,9-10,13-14H,5,7-8,11-12H2,1-4H3,(H,18,20). The molecule has 1 rings (SSSR count). The molecule has 1 N–H and O–H groups in total. The molecule has 0 aliphatic carbocycles. The molecule has 0 aliphatic rings. The Balaban J connectivity index is 2.67. The number of amides is 1. The van der Waals surface area contributed by atoms with Crippen LogP contribution in [0.25, 0.3) is 0 Å². The van der Waals surface area contributed by atoms with Crippen LogP contribution in [0.3, 0.4) is 0 Å². The van der Waals surface area contributed by atoms with Gasteiger partial charge in [0.05, 0.1) is 19.1 Å². The van der Waals surface area contributed by atoms with Crippen molar-refractivity contribution < 1.29 is 17.9 Å². The molecule has 1 unspecified atom stereocenters. The number of anilines is 1. The molecule has 0 bridgehead atoms. The fourth-order valence-corrected chi connectivity index (χ4v) is 3.44. The summed E-state index contributed by atoms with van der Waals surface area (Å²) in [5.41, 5.74) is 0.539. The van der Waals surface area contributed by atoms with E-state index in [9.17, 15) is 13.2 Å². The van der Waals surface area contributed by atoms with Gasteiger partial charge < -0.3 is 10.1 Å². The SMILES string of the molecule is CCCC(C)NC(=O)CCCN(c1cccc(OC)c1)S(C)(=O)=O. The Labute approximate surface area is 145 Å². The van der Waals surface area contributed by atoms with E-state index in [0.717, 1.165) is 19.1 Å². The van der Waals surface area contributed by atoms with Crippen LogP contribution in [0.15, 0.2) is 24.3 Å². The van der Waals surface area contributed by atoms with Crippen molar-refractivity contribution in [1.29, 1.82) is 0 Å². The van der Waals surface area contributed by atoms with Gasteiger partial charge in [-0.2, -0.15) is 0 Å². The number of hydrogen-bond donors (Lipinski definition) is 1. The first kappa shape index (κ1) is 20.3. The van der Waals surface area contributed by atoms with Crippen LogP contribution in [-0.2, 0) is 14.8 Å². The van der Waals surface area contributed by atoms with E-state index >= 15 is 0 Å². The summed E-state index contributed by atoms with van der Waals surface area (Å²) in [7, 11) is -1.89. The van der Waals surface area contributed by atoms with Crippen LogP contribution < -0.4 is 14.4 Å². The smallest absolute Gasteiger partial charge is 0.232 e. The van der Waals surface area contributed by atoms with E-state index < -0.39 is 10.0 Å². The van der Waals surface area contributed by atoms with Crippen molar-refractivity contribution in [2.24, 2.45) is 0 Å². The number of sulfonamides is 1. The maximum Gasteiger partial charge on any atom is 0.232 e. The maximum absolute atomic E-state index is 12.1. The van der Waals surface area contributed by atoms with Gasteiger partial charge in [-0.15, -0.1) is 0 Å². The van der Waals surface area contributed by atoms with E-state index in [0.29, 0.717) is 24.3 Å². The fourth-order valence-electron chi connectivity index (χ4n) is 2.49. The minimum absolute atomic E-state index is 0.0463. The molecule has 0 aliphatic heterocycles. The second-order valence-corrected chi connectivity index (χ2v) is 7.80. The highest BCUT2D eigenvalue weighted by atomic mass is 32.2. The molecule has 0 aromatic heterocycles. The number of nitrogens with one attached hydrogen (secondary N) is 1. The van der Waals surface area contributed by atoms with E-state index in [1.54, 1.807) is 24.3 Å². The molecule has 0 heterocycles. The third kappa shape index (κ3) is 6.78. The van der Waals surface area contributed by atoms with Gasteiger partial charge in [-0.05, 0) is 31.9 Å². The quantitative estimate of drug-likeness (QED) is 0.699. The molecule has 1 atom stereocenters. The lowest BCUT2D eigenvalue weighted by Crippen LogP contribution is -2.34. The van der Waals surface area contributed by atoms with E-state index in [1.165, 1.54) is 11.4 Å². The number of ether oxygens (including phenoxy) is 1. The van der Waals surface area contributed by atoms with Crippen molar-refractivity contribution in [1.82, 2.24) is 5.32 Å². The van der Waals surface area contributed by atoms with Gasteiger partial charge in [-0.25, -0.2) is 8.42 Å². The van der Waals surface area contributed by atoms with Gasteiger partial charge in [0.2, 0.25) is 15.9 Å². The summed E-state index contributed by atoms with van der Waals surface area (Å²) in [6.07, 6.45) is 3.86. The van der Waals surface area contributed by atoms with Crippen molar-refractivity contribution in [3.63, 3.8) is 0 Å². The third-order valence-electron chi connectivity index (χ3n) is 3.64. The Morgan fingerprint density at radius 1 is 1.38 bits per heavy atom. The van der Waals surface area contributed by atoms with Gasteiger partial charge >= 0.3 is 0 Å². The Bertz CT molecular complexity index is 631. The predicted molar refractivity (Wildman–Crippen MR) is 96.9 cm³/mol. The van der Waals surface area contributed by atoms with Gasteiger partial charge in [0.15, 0.2) is 0 Å². The lowest BCUT2D eigenvalue weighted by Gasteiger charge is -2.23. The van der Waals surface area contributed by atoms with Crippen LogP contribution >= 0.6 is 0 Å². The number of carbonyl (C=O) groups is 1. The third-order valence-corrected chi connectivity index (χ3v) is 4.83. The van der Waals surface area contributed by atoms with Crippen molar-refractivity contribution >= 4 is 21.6 Å². The lowest BCUT2D eigenvalue weighted by molar-refractivity contribution is -0.121. The van der Waals surface area contributed by atoms with Crippen LogP contribution in [0.2, 0.25) is 0 Å². The summed E-state index contributed by atoms with van der Waals surface area (Å²) in [5.74, 6) is 0.544. The van der Waals surface area contributed by atoms with Crippen LogP contribution in [-0.4, -0.2) is 40.3 Å². The highest BCUT2D eigenvalue weighted by molar-refractivity contribution is 7.92. The summed E-state index contributed by atoms with van der Waals surface area (Å²) in [6.45, 7) is 4.29. The average Bonchev–Trinajstić information content (AvgIpc) is 2.50. The second-order valence-electron chi connectivity index (χ2n) is 5.90. The van der Waals surface area contributed by atoms with Crippen LogP contribution in [0, 0.1) is 0 Å². The largest absolute Gasteiger partial charge is 0.497 e. The van der Waals surface area contributed by atoms with E-state index in [4.69, 9.17) is 4.74 Å². The zero-order valence-corrected chi connectivity index (χ0v) is 15.7. The molecule has 0 saturated carbocycles. The first-order valence-corrected chi connectivity index (χ1v) is 10.0. The fraction of sp³-hybridized carbons (Fsp3) is 0.588. The van der Waals surface area contributed by atoms with E-state index in [2.05, 4.69) is 12.2 Å². The Morgan fingerprint density at radius 3 is 2.67 bits per heavy atom. The predicted octanol–water partition coefficient (Wildman–Crippen LogP) is 2.55. The van der Waals surface area contributed by atoms with Crippen LogP contribution in [0.4, 0.5) is 5.69 Å². The van der Waals surface area contributed by atoms with Gasteiger partial charge in [0.25, 0.3) is 0 Å². The minimum atomic E-state index is -3.43. The van der Waals surface area contributed by atoms with Crippen molar-refractivity contribution in [2.75, 3.05) is 24.2 Å². The monoisotopic (exact) mass is 356 g/mol. The van der Waals surface area contributed by atoms with Gasteiger partial charge in [-0.3, -0.25) is 9.10 Å². The van der Waals surface area contributed by atoms with Crippen LogP contribution in [0.5, 0.6) is 5.75 Å². The van der Waals surface area contributed by atoms with E-state index in [-0.39, 0.29) is 18.5 Å². The summed E-state index contributed by atoms with van der Waals surface area (Å²) in [4.78, 5) is 11.9. The molecule has 1 aromatic carbocycles. The highest BCUT2D eigenvalue weighted by Crippen LogP contribution is 2.23. The number of methoxy groups -OCH3 is 1. The molecule has 136 valence electrons. The number of rotatable bonds is 10. The number of carbonyl (C=O) groups excluding carboxylic acids is 1. The first-order chi connectivity index (χ1) is 11.3. The average molecular weight is 356 g/mol.